The molecule has 6 aromatic heterocycles. The topological polar surface area (TPSA) is 312 Å². The lowest BCUT2D eigenvalue weighted by Gasteiger charge is -2.38. The monoisotopic (exact) mass is 2000 g/mol. The van der Waals surface area contributed by atoms with Crippen molar-refractivity contribution in [1.82, 2.24) is 45.0 Å². The van der Waals surface area contributed by atoms with Gasteiger partial charge in [-0.25, -0.2) is 40.7 Å². The van der Waals surface area contributed by atoms with Crippen LogP contribution >= 0.6 is 11.6 Å². The fourth-order valence-corrected chi connectivity index (χ4v) is 17.1. The molecule has 6 aromatic carbocycles. The Bertz CT molecular complexity index is 6860. The van der Waals surface area contributed by atoms with E-state index >= 15 is 26.3 Å². The van der Waals surface area contributed by atoms with Crippen LogP contribution in [-0.4, -0.2) is 221 Å². The van der Waals surface area contributed by atoms with Gasteiger partial charge in [0.15, 0.2) is 0 Å². The maximum atomic E-state index is 15.3. The van der Waals surface area contributed by atoms with E-state index in [2.05, 4.69) is 35.9 Å². The quantitative estimate of drug-likeness (QED) is 0.0304. The van der Waals surface area contributed by atoms with Gasteiger partial charge in [0, 0.05) is 159 Å². The minimum Gasteiger partial charge on any atom is -0.496 e. The molecule has 3 aliphatic rings. The second-order valence-corrected chi connectivity index (χ2v) is 33.2. The summed E-state index contributed by atoms with van der Waals surface area (Å²) < 4.78 is 251. The van der Waals surface area contributed by atoms with Crippen LogP contribution in [0.2, 0.25) is 5.02 Å². The van der Waals surface area contributed by atoms with Crippen LogP contribution in [0.5, 0.6) is 5.75 Å². The number of nitrogens with zero attached hydrogens (tertiary/aromatic N) is 10. The molecule has 28 nitrogen and oxygen atoms in total. The molecular weight excluding hydrogens is 1910 g/mol. The van der Waals surface area contributed by atoms with Crippen molar-refractivity contribution in [3.8, 4) is 39.3 Å². The van der Waals surface area contributed by atoms with Gasteiger partial charge >= 0.3 is 36.4 Å². The molecule has 44 heteroatoms. The Balaban J connectivity index is 0.000000178. The van der Waals surface area contributed by atoms with Crippen molar-refractivity contribution in [2.24, 2.45) is 14.1 Å². The summed E-state index contributed by atoms with van der Waals surface area (Å²) >= 11 is 6.48. The predicted octanol–water partition coefficient (Wildman–Crippen LogP) is 14.5. The lowest BCUT2D eigenvalue weighted by molar-refractivity contribution is -0.167. The Kier molecular flexibility index (Phi) is 32.1. The van der Waals surface area contributed by atoms with Crippen molar-refractivity contribution in [2.75, 3.05) is 121 Å². The second kappa shape index (κ2) is 43.5. The number of amides is 3. The van der Waals surface area contributed by atoms with Gasteiger partial charge in [0.2, 0.25) is 0 Å². The molecule has 12 aromatic rings. The molecule has 744 valence electrons. The number of nitrogens with one attached hydrogen (secondary N) is 3. The van der Waals surface area contributed by atoms with Crippen LogP contribution in [0.4, 0.5) is 88.6 Å². The number of rotatable bonds is 23. The Morgan fingerprint density at radius 2 is 0.745 bits per heavy atom. The number of aromatic nitrogens is 6. The SMILES string of the molecule is COC(=O)[C@H](Cc1ccc(-c2c(Cl)cc(C)n(C)c2=O)c2ncccc12)NC(=O)c1c(F)cc(N2CCOC[C@@H]2C(F)(F)F)cc1F.COC(=O)[C@H](Cc1ccc(-c2c(OC)cc(C)n(C)c2=O)c2ncccc12)NC(=O)c1c(F)cc(N2CCOC[C@@H]2C(F)(F)F)cc1F.COC(=O)[C@H](Cc1ccc(-c2ncccc2N(C)C)c2ncccc12)NC(=O)c1c(F)cc(N2CCOC[C@@H]2C(F)(F)F)cc1F. The number of methoxy groups -OCH3 is 4. The van der Waals surface area contributed by atoms with E-state index in [1.165, 1.54) is 28.6 Å². The standard InChI is InChI=1S/C33H31F5N4O6.C32H28ClF5N4O5.C32H30F5N5O4/c1-17-12-25(46-3)27(31(44)41(17)2)21-8-7-18(20-6-5-9-39-29(20)21)13-24(32(45)47-4)40-30(43)28-22(34)14-19(15-23(28)35)42-10-11-48-16-26(42)33(36,37)38;1-16-11-21(33)26(30(44)41(16)2)20-7-6-17(19-5-4-8-39-28(19)20)12-24(31(45)46-3)40-29(43)27-22(34)13-18(14-23(27)35)42-9-10-47-15-25(42)32(36,37)38;1-41(2)25-7-5-11-39-29(25)21-9-8-18(20-6-4-10-38-28(20)21)14-24(31(44)45-3)40-30(43)27-22(33)15-19(16-23(27)34)42-12-13-46-17-26(42)32(35,36)37/h5-9,12,14-15,24,26H,10-11,13,16H2,1-4H3,(H,40,43);4-8,11,13-14,24-25H,9-10,12,15H2,1-3H3,(H,40,43);4-11,15-16,24,26H,12-14,17H2,1-3H3,(H,40,43)/t24-,26+;24-,25+;24-,26+/m000/s1. The van der Waals surface area contributed by atoms with E-state index in [-0.39, 0.29) is 86.0 Å². The van der Waals surface area contributed by atoms with Gasteiger partial charge in [-0.15, -0.1) is 0 Å². The maximum absolute atomic E-state index is 15.3. The molecule has 0 bridgehead atoms. The largest absolute Gasteiger partial charge is 0.496 e. The zero-order valence-electron chi connectivity index (χ0n) is 76.6. The molecule has 6 atom stereocenters. The van der Waals surface area contributed by atoms with Gasteiger partial charge in [0.25, 0.3) is 28.8 Å². The third-order valence-electron chi connectivity index (χ3n) is 24.0. The van der Waals surface area contributed by atoms with Crippen molar-refractivity contribution < 1.29 is 128 Å². The molecule has 0 saturated carbocycles. The average Bonchev–Trinajstić information content (AvgIpc) is 0.773. The van der Waals surface area contributed by atoms with E-state index in [0.717, 1.165) is 47.3 Å². The number of halogens is 16. The first kappa shape index (κ1) is 104. The number of esters is 3. The van der Waals surface area contributed by atoms with Crippen LogP contribution in [0.3, 0.4) is 0 Å². The summed E-state index contributed by atoms with van der Waals surface area (Å²) in [5.41, 5.74) is 2.58. The summed E-state index contributed by atoms with van der Waals surface area (Å²) in [5.74, 6) is -14.9. The summed E-state index contributed by atoms with van der Waals surface area (Å²) in [6.07, 6.45) is -8.48. The van der Waals surface area contributed by atoms with Crippen molar-refractivity contribution in [3.05, 3.63) is 264 Å². The minimum absolute atomic E-state index is 0.0806. The van der Waals surface area contributed by atoms with Crippen LogP contribution in [0, 0.1) is 48.8 Å². The molecule has 3 N–H and O–H groups in total. The number of hydrogen-bond acceptors (Lipinski definition) is 23. The van der Waals surface area contributed by atoms with Gasteiger partial charge in [-0.1, -0.05) is 66.2 Å². The highest BCUT2D eigenvalue weighted by Gasteiger charge is 2.49. The van der Waals surface area contributed by atoms with Crippen molar-refractivity contribution in [2.45, 2.75) is 87.9 Å². The smallest absolute Gasteiger partial charge is 0.411 e. The van der Waals surface area contributed by atoms with Gasteiger partial charge in [-0.2, -0.15) is 39.5 Å². The molecule has 15 rings (SSSR count). The lowest BCUT2D eigenvalue weighted by atomic mass is 9.95. The number of carbonyl (C=O) groups is 6. The van der Waals surface area contributed by atoms with Gasteiger partial charge < -0.3 is 77.8 Å². The molecule has 3 saturated heterocycles. The first-order chi connectivity index (χ1) is 66.9. The van der Waals surface area contributed by atoms with Gasteiger partial charge in [0.05, 0.1) is 112 Å². The lowest BCUT2D eigenvalue weighted by Crippen LogP contribution is -2.53. The van der Waals surface area contributed by atoms with Crippen LogP contribution in [0.25, 0.3) is 66.2 Å². The second-order valence-electron chi connectivity index (χ2n) is 32.8. The van der Waals surface area contributed by atoms with E-state index in [0.29, 0.717) is 120 Å². The number of carbonyl (C=O) groups excluding carboxylic acids is 6. The van der Waals surface area contributed by atoms with Crippen LogP contribution < -0.4 is 51.4 Å². The highest BCUT2D eigenvalue weighted by Crippen LogP contribution is 2.42. The first-order valence-electron chi connectivity index (χ1n) is 43.1. The average molecular weight is 2000 g/mol. The predicted molar refractivity (Wildman–Crippen MR) is 489 cm³/mol. The van der Waals surface area contributed by atoms with E-state index in [9.17, 15) is 77.9 Å². The minimum atomic E-state index is -4.74. The van der Waals surface area contributed by atoms with Gasteiger partial charge in [0.1, 0.15) is 93.6 Å². The molecule has 141 heavy (non-hydrogen) atoms. The summed E-state index contributed by atoms with van der Waals surface area (Å²) in [7, 11) is 11.7. The molecule has 0 aliphatic carbocycles. The Labute approximate surface area is 798 Å². The summed E-state index contributed by atoms with van der Waals surface area (Å²) in [4.78, 5) is 127. The molecule has 0 spiro atoms. The number of ether oxygens (including phenoxy) is 7. The summed E-state index contributed by atoms with van der Waals surface area (Å²) in [5, 5.41) is 8.78. The number of anilines is 4. The number of hydrogen-bond donors (Lipinski definition) is 3. The van der Waals surface area contributed by atoms with Crippen molar-refractivity contribution in [3.63, 3.8) is 0 Å². The molecule has 3 amide bonds. The highest BCUT2D eigenvalue weighted by atomic mass is 35.5. The Hall–Kier alpha value is -14.5. The van der Waals surface area contributed by atoms with Gasteiger partial charge in [-0.3, -0.25) is 43.9 Å². The number of benzene rings is 6. The fraction of sp³-hybridized carbons (Fsp3) is 0.320. The fourth-order valence-electron chi connectivity index (χ4n) is 16.8. The van der Waals surface area contributed by atoms with E-state index in [4.69, 9.17) is 44.8 Å². The number of aryl methyl sites for hydroxylation is 2. The Morgan fingerprint density at radius 1 is 0.440 bits per heavy atom. The van der Waals surface area contributed by atoms with Crippen molar-refractivity contribution >= 4 is 103 Å². The number of alkyl halides is 9. The number of fused-ring (bicyclic) bond motifs is 3. The van der Waals surface area contributed by atoms with Crippen molar-refractivity contribution in [1.29, 1.82) is 0 Å². The zero-order chi connectivity index (χ0) is 102. The molecule has 3 aliphatic heterocycles. The number of morpholine rings is 3. The Morgan fingerprint density at radius 3 is 1.07 bits per heavy atom. The summed E-state index contributed by atoms with van der Waals surface area (Å²) in [6, 6.07) is 20.3. The third kappa shape index (κ3) is 22.5. The van der Waals surface area contributed by atoms with Gasteiger partial charge in [-0.05, 0) is 103 Å². The van der Waals surface area contributed by atoms with Crippen LogP contribution in [0.15, 0.2) is 168 Å². The van der Waals surface area contributed by atoms with E-state index in [1.807, 2.05) is 31.1 Å². The van der Waals surface area contributed by atoms with E-state index in [1.54, 1.807) is 125 Å². The highest BCUT2D eigenvalue weighted by molar-refractivity contribution is 6.33. The normalized spacial score (nSPS) is 15.8. The van der Waals surface area contributed by atoms with E-state index < -0.39 is 179 Å². The molecule has 0 radical (unpaired) electrons. The zero-order valence-corrected chi connectivity index (χ0v) is 77.4. The molecular formula is C97H89ClF15N13O15. The molecule has 9 heterocycles. The number of pyridine rings is 6. The third-order valence-corrected chi connectivity index (χ3v) is 24.3. The summed E-state index contributed by atoms with van der Waals surface area (Å²) in [6.45, 7) is 0.214. The maximum Gasteiger partial charge on any atom is 0.411 e. The first-order valence-corrected chi connectivity index (χ1v) is 43.5. The molecule has 0 unspecified atom stereocenters. The van der Waals surface area contributed by atoms with Crippen LogP contribution in [-0.2, 0) is 76.2 Å². The molecule has 3 fully saturated rings. The van der Waals surface area contributed by atoms with Crippen LogP contribution in [0.1, 0.15) is 59.2 Å².